The van der Waals surface area contributed by atoms with Crippen molar-refractivity contribution in [2.45, 2.75) is 38.9 Å². The molecule has 0 saturated carbocycles. The highest BCUT2D eigenvalue weighted by molar-refractivity contribution is 6.21. The third-order valence-electron chi connectivity index (χ3n) is 5.27. The summed E-state index contributed by atoms with van der Waals surface area (Å²) in [5.41, 5.74) is 1.99. The largest absolute Gasteiger partial charge is 0.491 e. The zero-order valence-corrected chi connectivity index (χ0v) is 17.3. The van der Waals surface area contributed by atoms with Gasteiger partial charge in [0.05, 0.1) is 18.0 Å². The monoisotopic (exact) mass is 407 g/mol. The fourth-order valence-corrected chi connectivity index (χ4v) is 3.98. The van der Waals surface area contributed by atoms with E-state index in [9.17, 15) is 14.7 Å². The second-order valence-electron chi connectivity index (χ2n) is 8.39. The fraction of sp³-hybridized carbons (Fsp3) is 0.348. The van der Waals surface area contributed by atoms with Crippen LogP contribution in [0.25, 0.3) is 0 Å². The van der Waals surface area contributed by atoms with Gasteiger partial charge in [-0.1, -0.05) is 42.5 Å². The summed E-state index contributed by atoms with van der Waals surface area (Å²) >= 11 is 0. The number of hydrogen-bond donors (Lipinski definition) is 1. The van der Waals surface area contributed by atoms with Gasteiger partial charge in [0.15, 0.2) is 0 Å². The molecule has 4 rings (SSSR count). The Hall–Kier alpha value is -3.35. The minimum Gasteiger partial charge on any atom is -0.491 e. The van der Waals surface area contributed by atoms with E-state index in [-0.39, 0.29) is 5.91 Å². The average Bonchev–Trinajstić information content (AvgIpc) is 2.98. The van der Waals surface area contributed by atoms with Gasteiger partial charge in [0.25, 0.3) is 5.91 Å². The SMILES string of the molecule is CC(C)(C)N(C(=O)O)C1N=C(c2ccccc2)c2cccc3c2N(CCCO3)C1=O. The Kier molecular flexibility index (Phi) is 4.97. The van der Waals surface area contributed by atoms with E-state index in [1.54, 1.807) is 25.7 Å². The summed E-state index contributed by atoms with van der Waals surface area (Å²) in [5.74, 6) is 0.248. The number of aliphatic imine (C=N–C) groups is 1. The highest BCUT2D eigenvalue weighted by Gasteiger charge is 2.43. The Bertz CT molecular complexity index is 1010. The number of carboxylic acid groups (broad SMARTS) is 1. The molecular formula is C23H25N3O4. The second kappa shape index (κ2) is 7.48. The molecule has 2 aromatic carbocycles. The Balaban J connectivity index is 2.00. The first-order valence-corrected chi connectivity index (χ1v) is 10.0. The Morgan fingerprint density at radius 3 is 2.57 bits per heavy atom. The predicted octanol–water partition coefficient (Wildman–Crippen LogP) is 3.76. The molecule has 1 N–H and O–H groups in total. The van der Waals surface area contributed by atoms with Crippen LogP contribution in [0.4, 0.5) is 10.5 Å². The van der Waals surface area contributed by atoms with E-state index in [0.717, 1.165) is 16.0 Å². The van der Waals surface area contributed by atoms with Crippen molar-refractivity contribution >= 4 is 23.4 Å². The summed E-state index contributed by atoms with van der Waals surface area (Å²) in [4.78, 5) is 33.5. The van der Waals surface area contributed by atoms with Crippen molar-refractivity contribution in [3.63, 3.8) is 0 Å². The maximum atomic E-state index is 13.7. The maximum absolute atomic E-state index is 13.7. The first-order chi connectivity index (χ1) is 14.3. The van der Waals surface area contributed by atoms with Crippen molar-refractivity contribution in [2.75, 3.05) is 18.1 Å². The summed E-state index contributed by atoms with van der Waals surface area (Å²) in [5, 5.41) is 9.99. The molecule has 7 heteroatoms. The van der Waals surface area contributed by atoms with Gasteiger partial charge in [0, 0.05) is 23.2 Å². The first-order valence-electron chi connectivity index (χ1n) is 10.0. The van der Waals surface area contributed by atoms with Crippen molar-refractivity contribution in [3.8, 4) is 5.75 Å². The molecule has 2 amide bonds. The van der Waals surface area contributed by atoms with Crippen LogP contribution >= 0.6 is 0 Å². The molecule has 0 saturated heterocycles. The number of carbonyl (C=O) groups excluding carboxylic acids is 1. The number of para-hydroxylation sites is 1. The number of ether oxygens (including phenoxy) is 1. The molecule has 2 aromatic rings. The minimum absolute atomic E-state index is 0.363. The molecule has 2 heterocycles. The lowest BCUT2D eigenvalue weighted by Crippen LogP contribution is -2.56. The summed E-state index contributed by atoms with van der Waals surface area (Å²) < 4.78 is 5.91. The highest BCUT2D eigenvalue weighted by atomic mass is 16.5. The fourth-order valence-electron chi connectivity index (χ4n) is 3.98. The van der Waals surface area contributed by atoms with E-state index in [4.69, 9.17) is 9.73 Å². The van der Waals surface area contributed by atoms with Crippen LogP contribution in [0.5, 0.6) is 5.75 Å². The smallest absolute Gasteiger partial charge is 0.409 e. The van der Waals surface area contributed by atoms with E-state index < -0.39 is 17.8 Å². The first kappa shape index (κ1) is 19.9. The van der Waals surface area contributed by atoms with Gasteiger partial charge in [-0.2, -0.15) is 0 Å². The van der Waals surface area contributed by atoms with Gasteiger partial charge in [0.2, 0.25) is 6.17 Å². The molecule has 1 unspecified atom stereocenters. The molecule has 156 valence electrons. The Morgan fingerprint density at radius 1 is 1.17 bits per heavy atom. The van der Waals surface area contributed by atoms with Gasteiger partial charge >= 0.3 is 6.09 Å². The van der Waals surface area contributed by atoms with Crippen LogP contribution in [-0.2, 0) is 4.79 Å². The molecule has 30 heavy (non-hydrogen) atoms. The Labute approximate surface area is 175 Å². The van der Waals surface area contributed by atoms with Crippen molar-refractivity contribution in [1.82, 2.24) is 4.90 Å². The molecule has 0 fully saturated rings. The summed E-state index contributed by atoms with van der Waals surface area (Å²) in [6.45, 7) is 6.22. The number of nitrogens with zero attached hydrogens (tertiary/aromatic N) is 3. The third-order valence-corrected chi connectivity index (χ3v) is 5.27. The molecule has 0 spiro atoms. The topological polar surface area (TPSA) is 82.4 Å². The van der Waals surface area contributed by atoms with Crippen molar-refractivity contribution in [3.05, 3.63) is 59.7 Å². The third kappa shape index (κ3) is 3.40. The Morgan fingerprint density at radius 2 is 1.90 bits per heavy atom. The standard InChI is InChI=1S/C23H25N3O4/c1-23(2,3)26(22(28)29)20-21(27)25-13-8-14-30-17-12-7-11-16(19(17)25)18(24-20)15-9-5-4-6-10-15/h4-7,9-12,20H,8,13-14H2,1-3H3,(H,28,29). The van der Waals surface area contributed by atoms with Crippen LogP contribution in [0.15, 0.2) is 53.5 Å². The van der Waals surface area contributed by atoms with Gasteiger partial charge in [-0.3, -0.25) is 9.69 Å². The molecular weight excluding hydrogens is 382 g/mol. The number of rotatable bonds is 2. The molecule has 0 radical (unpaired) electrons. The van der Waals surface area contributed by atoms with E-state index in [1.165, 1.54) is 0 Å². The lowest BCUT2D eigenvalue weighted by atomic mass is 9.99. The van der Waals surface area contributed by atoms with E-state index in [2.05, 4.69) is 0 Å². The van der Waals surface area contributed by atoms with E-state index >= 15 is 0 Å². The molecule has 0 aromatic heterocycles. The number of carbonyl (C=O) groups is 2. The van der Waals surface area contributed by atoms with Crippen molar-refractivity contribution in [2.24, 2.45) is 4.99 Å². The lowest BCUT2D eigenvalue weighted by molar-refractivity contribution is -0.124. The summed E-state index contributed by atoms with van der Waals surface area (Å²) in [7, 11) is 0. The quantitative estimate of drug-likeness (QED) is 0.822. The van der Waals surface area contributed by atoms with Crippen LogP contribution in [-0.4, -0.2) is 52.6 Å². The van der Waals surface area contributed by atoms with Crippen LogP contribution in [0.1, 0.15) is 38.3 Å². The van der Waals surface area contributed by atoms with Crippen LogP contribution in [0, 0.1) is 0 Å². The van der Waals surface area contributed by atoms with Crippen LogP contribution < -0.4 is 9.64 Å². The normalized spacial score (nSPS) is 18.5. The molecule has 2 aliphatic rings. The minimum atomic E-state index is -1.20. The molecule has 7 nitrogen and oxygen atoms in total. The summed E-state index contributed by atoms with van der Waals surface area (Å²) in [6.07, 6.45) is -1.74. The molecule has 0 bridgehead atoms. The van der Waals surface area contributed by atoms with Gasteiger partial charge < -0.3 is 14.7 Å². The number of benzene rings is 2. The van der Waals surface area contributed by atoms with Crippen molar-refractivity contribution < 1.29 is 19.4 Å². The maximum Gasteiger partial charge on any atom is 0.409 e. The molecule has 2 aliphatic heterocycles. The van der Waals surface area contributed by atoms with E-state index in [1.807, 2.05) is 48.5 Å². The molecule has 1 atom stereocenters. The average molecular weight is 407 g/mol. The second-order valence-corrected chi connectivity index (χ2v) is 8.39. The van der Waals surface area contributed by atoms with Crippen LogP contribution in [0.2, 0.25) is 0 Å². The van der Waals surface area contributed by atoms with Gasteiger partial charge in [-0.25, -0.2) is 9.79 Å². The van der Waals surface area contributed by atoms with Crippen LogP contribution in [0.3, 0.4) is 0 Å². The zero-order valence-electron chi connectivity index (χ0n) is 17.3. The van der Waals surface area contributed by atoms with Gasteiger partial charge in [-0.15, -0.1) is 0 Å². The van der Waals surface area contributed by atoms with E-state index in [0.29, 0.717) is 36.7 Å². The number of anilines is 1. The lowest BCUT2D eigenvalue weighted by Gasteiger charge is -2.38. The highest BCUT2D eigenvalue weighted by Crippen LogP contribution is 2.39. The summed E-state index contributed by atoms with van der Waals surface area (Å²) in [6, 6.07) is 15.1. The predicted molar refractivity (Wildman–Crippen MR) is 114 cm³/mol. The van der Waals surface area contributed by atoms with Gasteiger partial charge in [0.1, 0.15) is 5.75 Å². The van der Waals surface area contributed by atoms with Gasteiger partial charge in [-0.05, 0) is 33.3 Å². The zero-order chi connectivity index (χ0) is 21.5. The van der Waals surface area contributed by atoms with Crippen molar-refractivity contribution in [1.29, 1.82) is 0 Å². The molecule has 0 aliphatic carbocycles. The number of amides is 2. The number of hydrogen-bond acceptors (Lipinski definition) is 4.